The first-order valence-corrected chi connectivity index (χ1v) is 5.97. The second kappa shape index (κ2) is 5.87. The minimum absolute atomic E-state index is 0.00524. The molecule has 1 aromatic rings. The summed E-state index contributed by atoms with van der Waals surface area (Å²) in [6.45, 7) is 7.42. The summed E-state index contributed by atoms with van der Waals surface area (Å²) in [6, 6.07) is 5.42. The van der Waals surface area contributed by atoms with Gasteiger partial charge >= 0.3 is 5.97 Å². The maximum atomic E-state index is 11.1. The van der Waals surface area contributed by atoms with Crippen LogP contribution in [-0.4, -0.2) is 31.3 Å². The van der Waals surface area contributed by atoms with Crippen molar-refractivity contribution in [1.29, 1.82) is 0 Å². The molecular formula is C14H21NO3. The lowest BCUT2D eigenvalue weighted by atomic mass is 9.86. The highest BCUT2D eigenvalue weighted by atomic mass is 16.5. The molecule has 0 fully saturated rings. The number of carboxylic acids is 1. The third-order valence-electron chi connectivity index (χ3n) is 2.74. The number of hydrogen-bond acceptors (Lipinski definition) is 3. The van der Waals surface area contributed by atoms with Crippen molar-refractivity contribution in [2.75, 3.05) is 25.6 Å². The zero-order chi connectivity index (χ0) is 13.8. The van der Waals surface area contributed by atoms with Crippen LogP contribution in [0.3, 0.4) is 0 Å². The van der Waals surface area contributed by atoms with Gasteiger partial charge in [0.15, 0.2) is 0 Å². The van der Waals surface area contributed by atoms with Gasteiger partial charge in [-0.05, 0) is 23.1 Å². The molecule has 1 rings (SSSR count). The Hall–Kier alpha value is -1.55. The molecule has 0 spiro atoms. The Kier molecular flexibility index (Phi) is 4.73. The van der Waals surface area contributed by atoms with Crippen LogP contribution in [0.25, 0.3) is 0 Å². The molecule has 0 unspecified atom stereocenters. The minimum atomic E-state index is -0.921. The molecule has 100 valence electrons. The number of carboxylic acid groups (broad SMARTS) is 1. The van der Waals surface area contributed by atoms with Gasteiger partial charge in [0.25, 0.3) is 0 Å². The largest absolute Gasteiger partial charge is 0.478 e. The zero-order valence-corrected chi connectivity index (χ0v) is 11.4. The van der Waals surface area contributed by atoms with Gasteiger partial charge in [-0.2, -0.15) is 0 Å². The number of nitrogens with one attached hydrogen (secondary N) is 1. The fourth-order valence-corrected chi connectivity index (χ4v) is 1.63. The Morgan fingerprint density at radius 1 is 1.39 bits per heavy atom. The van der Waals surface area contributed by atoms with Crippen molar-refractivity contribution >= 4 is 11.7 Å². The molecule has 0 radical (unpaired) electrons. The SMILES string of the molecule is COCCNc1cc(C(C)(C)C)ccc1C(=O)O. The lowest BCUT2D eigenvalue weighted by Gasteiger charge is -2.21. The molecule has 0 bridgehead atoms. The molecule has 0 aliphatic carbocycles. The summed E-state index contributed by atoms with van der Waals surface area (Å²) in [6.07, 6.45) is 0. The molecule has 0 aromatic heterocycles. The second-order valence-electron chi connectivity index (χ2n) is 5.24. The van der Waals surface area contributed by atoms with E-state index >= 15 is 0 Å². The van der Waals surface area contributed by atoms with E-state index in [1.165, 1.54) is 0 Å². The van der Waals surface area contributed by atoms with Gasteiger partial charge in [0.2, 0.25) is 0 Å². The van der Waals surface area contributed by atoms with Crippen molar-refractivity contribution in [2.45, 2.75) is 26.2 Å². The minimum Gasteiger partial charge on any atom is -0.478 e. The molecule has 0 atom stereocenters. The Balaban J connectivity index is 3.04. The average Bonchev–Trinajstić information content (AvgIpc) is 2.27. The standard InChI is InChI=1S/C14H21NO3/c1-14(2,3)10-5-6-11(13(16)17)12(9-10)15-7-8-18-4/h5-6,9,15H,7-8H2,1-4H3,(H,16,17). The van der Waals surface area contributed by atoms with Crippen molar-refractivity contribution < 1.29 is 14.6 Å². The smallest absolute Gasteiger partial charge is 0.337 e. The van der Waals surface area contributed by atoms with E-state index in [0.717, 1.165) is 5.56 Å². The summed E-state index contributed by atoms with van der Waals surface area (Å²) in [5.74, 6) is -0.921. The molecule has 0 aliphatic rings. The number of methoxy groups -OCH3 is 1. The molecule has 0 saturated carbocycles. The highest BCUT2D eigenvalue weighted by Crippen LogP contribution is 2.27. The van der Waals surface area contributed by atoms with Crippen LogP contribution in [0.5, 0.6) is 0 Å². The number of benzene rings is 1. The summed E-state index contributed by atoms with van der Waals surface area (Å²) in [4.78, 5) is 11.1. The average molecular weight is 251 g/mol. The number of ether oxygens (including phenoxy) is 1. The molecule has 0 saturated heterocycles. The van der Waals surface area contributed by atoms with Crippen molar-refractivity contribution in [3.63, 3.8) is 0 Å². The maximum Gasteiger partial charge on any atom is 0.337 e. The number of carbonyl (C=O) groups is 1. The van der Waals surface area contributed by atoms with Crippen LogP contribution in [0.15, 0.2) is 18.2 Å². The van der Waals surface area contributed by atoms with Crippen molar-refractivity contribution in [3.8, 4) is 0 Å². The lowest BCUT2D eigenvalue weighted by Crippen LogP contribution is -2.15. The molecule has 0 heterocycles. The molecular weight excluding hydrogens is 230 g/mol. The van der Waals surface area contributed by atoms with Crippen LogP contribution in [0.1, 0.15) is 36.7 Å². The lowest BCUT2D eigenvalue weighted by molar-refractivity contribution is 0.0698. The monoisotopic (exact) mass is 251 g/mol. The van der Waals surface area contributed by atoms with Gasteiger partial charge in [-0.25, -0.2) is 4.79 Å². The van der Waals surface area contributed by atoms with Crippen LogP contribution in [0.4, 0.5) is 5.69 Å². The number of hydrogen-bond donors (Lipinski definition) is 2. The third kappa shape index (κ3) is 3.74. The number of rotatable bonds is 5. The highest BCUT2D eigenvalue weighted by molar-refractivity contribution is 5.94. The Labute approximate surface area is 108 Å². The van der Waals surface area contributed by atoms with Crippen LogP contribution in [-0.2, 0) is 10.2 Å². The maximum absolute atomic E-state index is 11.1. The Morgan fingerprint density at radius 3 is 2.56 bits per heavy atom. The van der Waals surface area contributed by atoms with E-state index in [2.05, 4.69) is 26.1 Å². The van der Waals surface area contributed by atoms with Gasteiger partial charge in [-0.15, -0.1) is 0 Å². The number of anilines is 1. The summed E-state index contributed by atoms with van der Waals surface area (Å²) in [5, 5.41) is 12.2. The molecule has 2 N–H and O–H groups in total. The Morgan fingerprint density at radius 2 is 2.06 bits per heavy atom. The first-order chi connectivity index (χ1) is 8.36. The van der Waals surface area contributed by atoms with E-state index < -0.39 is 5.97 Å². The number of aromatic carboxylic acids is 1. The fraction of sp³-hybridized carbons (Fsp3) is 0.500. The van der Waals surface area contributed by atoms with E-state index in [0.29, 0.717) is 24.4 Å². The van der Waals surface area contributed by atoms with E-state index in [-0.39, 0.29) is 5.41 Å². The first-order valence-electron chi connectivity index (χ1n) is 5.97. The summed E-state index contributed by atoms with van der Waals surface area (Å²) < 4.78 is 4.95. The van der Waals surface area contributed by atoms with Gasteiger partial charge in [0.05, 0.1) is 12.2 Å². The zero-order valence-electron chi connectivity index (χ0n) is 11.4. The van der Waals surface area contributed by atoms with E-state index in [1.54, 1.807) is 13.2 Å². The van der Waals surface area contributed by atoms with Crippen LogP contribution in [0.2, 0.25) is 0 Å². The molecule has 0 aliphatic heterocycles. The third-order valence-corrected chi connectivity index (χ3v) is 2.74. The van der Waals surface area contributed by atoms with Crippen LogP contribution >= 0.6 is 0 Å². The molecule has 18 heavy (non-hydrogen) atoms. The summed E-state index contributed by atoms with van der Waals surface area (Å²) in [7, 11) is 1.62. The Bertz CT molecular complexity index is 422. The quantitative estimate of drug-likeness (QED) is 0.790. The van der Waals surface area contributed by atoms with Gasteiger partial charge < -0.3 is 15.2 Å². The van der Waals surface area contributed by atoms with E-state index in [4.69, 9.17) is 9.84 Å². The van der Waals surface area contributed by atoms with Gasteiger partial charge in [-0.1, -0.05) is 26.8 Å². The van der Waals surface area contributed by atoms with Crippen LogP contribution in [0, 0.1) is 0 Å². The van der Waals surface area contributed by atoms with E-state index in [9.17, 15) is 4.79 Å². The second-order valence-corrected chi connectivity index (χ2v) is 5.24. The van der Waals surface area contributed by atoms with Gasteiger partial charge in [0, 0.05) is 19.3 Å². The molecule has 1 aromatic carbocycles. The highest BCUT2D eigenvalue weighted by Gasteiger charge is 2.17. The van der Waals surface area contributed by atoms with Crippen molar-refractivity contribution in [2.24, 2.45) is 0 Å². The van der Waals surface area contributed by atoms with Gasteiger partial charge in [0.1, 0.15) is 0 Å². The van der Waals surface area contributed by atoms with Gasteiger partial charge in [-0.3, -0.25) is 0 Å². The predicted octanol–water partition coefficient (Wildman–Crippen LogP) is 2.74. The fourth-order valence-electron chi connectivity index (χ4n) is 1.63. The molecule has 0 amide bonds. The van der Waals surface area contributed by atoms with Crippen molar-refractivity contribution in [1.82, 2.24) is 0 Å². The molecule has 4 heteroatoms. The normalized spacial score (nSPS) is 11.3. The topological polar surface area (TPSA) is 58.6 Å². The van der Waals surface area contributed by atoms with E-state index in [1.807, 2.05) is 12.1 Å². The van der Waals surface area contributed by atoms with Crippen LogP contribution < -0.4 is 5.32 Å². The predicted molar refractivity (Wildman–Crippen MR) is 72.5 cm³/mol. The first kappa shape index (κ1) is 14.5. The summed E-state index contributed by atoms with van der Waals surface area (Å²) >= 11 is 0. The van der Waals surface area contributed by atoms with Crippen molar-refractivity contribution in [3.05, 3.63) is 29.3 Å². The summed E-state index contributed by atoms with van der Waals surface area (Å²) in [5.41, 5.74) is 2.04. The molecule has 4 nitrogen and oxygen atoms in total.